The van der Waals surface area contributed by atoms with Gasteiger partial charge in [0.2, 0.25) is 0 Å². The molecule has 1 amide bonds. The van der Waals surface area contributed by atoms with Crippen LogP contribution in [0.25, 0.3) is 0 Å². The Labute approximate surface area is 125 Å². The molecule has 0 spiro atoms. The predicted octanol–water partition coefficient (Wildman–Crippen LogP) is 2.95. The number of hydrogen-bond donors (Lipinski definition) is 1. The first-order valence-corrected chi connectivity index (χ1v) is 7.37. The second-order valence-electron chi connectivity index (χ2n) is 6.67. The van der Waals surface area contributed by atoms with E-state index in [2.05, 4.69) is 27.0 Å². The predicted molar refractivity (Wildman–Crippen MR) is 82.3 cm³/mol. The summed E-state index contributed by atoms with van der Waals surface area (Å²) in [6.07, 6.45) is 6.00. The van der Waals surface area contributed by atoms with Crippen LogP contribution in [0, 0.1) is 0 Å². The van der Waals surface area contributed by atoms with Crippen LogP contribution in [0.4, 0.5) is 0 Å². The number of aromatic nitrogens is 2. The quantitative estimate of drug-likeness (QED) is 0.921. The molecule has 4 heteroatoms. The normalized spacial score (nSPS) is 17.6. The van der Waals surface area contributed by atoms with E-state index >= 15 is 0 Å². The highest BCUT2D eigenvalue weighted by molar-refractivity contribution is 5.94. The standard InChI is InChI=1S/C17H21N3O/c1-17(2,3)19-16(21)13-6-4-12(5-7-13)15-9-8-14-10-18-11-20(14)15/h4-7,10-11,15H,8-9H2,1-3H3,(H,19,21). The molecule has 4 nitrogen and oxygen atoms in total. The molecule has 1 aromatic heterocycles. The molecule has 1 atom stereocenters. The fourth-order valence-electron chi connectivity index (χ4n) is 2.83. The fourth-order valence-corrected chi connectivity index (χ4v) is 2.83. The van der Waals surface area contributed by atoms with Crippen LogP contribution >= 0.6 is 0 Å². The Morgan fingerprint density at radius 1 is 1.29 bits per heavy atom. The van der Waals surface area contributed by atoms with Gasteiger partial charge in [-0.1, -0.05) is 12.1 Å². The molecule has 110 valence electrons. The van der Waals surface area contributed by atoms with Gasteiger partial charge in [0, 0.05) is 23.0 Å². The van der Waals surface area contributed by atoms with E-state index in [0.29, 0.717) is 11.6 Å². The van der Waals surface area contributed by atoms with Crippen LogP contribution in [-0.4, -0.2) is 21.0 Å². The Morgan fingerprint density at radius 2 is 2.00 bits per heavy atom. The highest BCUT2D eigenvalue weighted by atomic mass is 16.1. The maximum absolute atomic E-state index is 12.1. The summed E-state index contributed by atoms with van der Waals surface area (Å²) in [5.41, 5.74) is 3.01. The molecular weight excluding hydrogens is 262 g/mol. The van der Waals surface area contributed by atoms with Gasteiger partial charge in [-0.15, -0.1) is 0 Å². The van der Waals surface area contributed by atoms with Gasteiger partial charge in [0.05, 0.1) is 12.4 Å². The molecule has 21 heavy (non-hydrogen) atoms. The summed E-state index contributed by atoms with van der Waals surface area (Å²) in [4.78, 5) is 16.3. The molecule has 1 aliphatic rings. The van der Waals surface area contributed by atoms with Crippen molar-refractivity contribution < 1.29 is 4.79 Å². The monoisotopic (exact) mass is 283 g/mol. The Kier molecular flexibility index (Phi) is 3.32. The summed E-state index contributed by atoms with van der Waals surface area (Å²) >= 11 is 0. The second kappa shape index (κ2) is 5.02. The first-order valence-electron chi connectivity index (χ1n) is 7.37. The van der Waals surface area contributed by atoms with Gasteiger partial charge in [0.1, 0.15) is 0 Å². The smallest absolute Gasteiger partial charge is 0.251 e. The molecule has 0 aliphatic carbocycles. The lowest BCUT2D eigenvalue weighted by atomic mass is 10.0. The maximum atomic E-state index is 12.1. The van der Waals surface area contributed by atoms with Gasteiger partial charge < -0.3 is 9.88 Å². The van der Waals surface area contributed by atoms with Crippen molar-refractivity contribution in [3.05, 3.63) is 53.6 Å². The van der Waals surface area contributed by atoms with Crippen LogP contribution in [0.3, 0.4) is 0 Å². The molecule has 0 bridgehead atoms. The van der Waals surface area contributed by atoms with Gasteiger partial charge in [-0.3, -0.25) is 4.79 Å². The van der Waals surface area contributed by atoms with E-state index < -0.39 is 0 Å². The van der Waals surface area contributed by atoms with Gasteiger partial charge in [-0.25, -0.2) is 4.98 Å². The van der Waals surface area contributed by atoms with Crippen LogP contribution in [0.1, 0.15) is 54.8 Å². The molecule has 3 rings (SSSR count). The second-order valence-corrected chi connectivity index (χ2v) is 6.67. The Bertz CT molecular complexity index is 649. The fraction of sp³-hybridized carbons (Fsp3) is 0.412. The van der Waals surface area contributed by atoms with Crippen LogP contribution in [0.5, 0.6) is 0 Å². The van der Waals surface area contributed by atoms with E-state index in [9.17, 15) is 4.79 Å². The molecule has 1 unspecified atom stereocenters. The van der Waals surface area contributed by atoms with E-state index in [-0.39, 0.29) is 11.4 Å². The number of fused-ring (bicyclic) bond motifs is 1. The van der Waals surface area contributed by atoms with E-state index in [1.807, 2.05) is 45.4 Å². The number of benzene rings is 1. The molecule has 1 aromatic carbocycles. The maximum Gasteiger partial charge on any atom is 0.251 e. The highest BCUT2D eigenvalue weighted by Gasteiger charge is 2.23. The van der Waals surface area contributed by atoms with Crippen molar-refractivity contribution in [1.82, 2.24) is 14.9 Å². The van der Waals surface area contributed by atoms with E-state index in [4.69, 9.17) is 0 Å². The van der Waals surface area contributed by atoms with E-state index in [1.54, 1.807) is 0 Å². The van der Waals surface area contributed by atoms with Gasteiger partial charge in [0.25, 0.3) is 5.91 Å². The third kappa shape index (κ3) is 2.84. The average molecular weight is 283 g/mol. The molecule has 1 N–H and O–H groups in total. The molecule has 0 radical (unpaired) electrons. The van der Waals surface area contributed by atoms with Crippen molar-refractivity contribution in [2.24, 2.45) is 0 Å². The van der Waals surface area contributed by atoms with Crippen molar-refractivity contribution >= 4 is 5.91 Å². The lowest BCUT2D eigenvalue weighted by Crippen LogP contribution is -2.40. The zero-order valence-electron chi connectivity index (χ0n) is 12.8. The zero-order valence-corrected chi connectivity index (χ0v) is 12.8. The third-order valence-electron chi connectivity index (χ3n) is 3.80. The van der Waals surface area contributed by atoms with Gasteiger partial charge in [0.15, 0.2) is 0 Å². The van der Waals surface area contributed by atoms with Crippen molar-refractivity contribution in [2.45, 2.75) is 45.2 Å². The van der Waals surface area contributed by atoms with Gasteiger partial charge in [-0.2, -0.15) is 0 Å². The number of amides is 1. The number of aryl methyl sites for hydroxylation is 1. The Morgan fingerprint density at radius 3 is 2.67 bits per heavy atom. The summed E-state index contributed by atoms with van der Waals surface area (Å²) in [6.45, 7) is 5.95. The van der Waals surface area contributed by atoms with Crippen LogP contribution in [0.2, 0.25) is 0 Å². The molecule has 0 fully saturated rings. The van der Waals surface area contributed by atoms with E-state index in [0.717, 1.165) is 12.8 Å². The summed E-state index contributed by atoms with van der Waals surface area (Å²) in [7, 11) is 0. The first kappa shape index (κ1) is 13.9. The minimum absolute atomic E-state index is 0.0243. The number of imidazole rings is 1. The third-order valence-corrected chi connectivity index (χ3v) is 3.80. The van der Waals surface area contributed by atoms with E-state index in [1.165, 1.54) is 11.3 Å². The van der Waals surface area contributed by atoms with Gasteiger partial charge >= 0.3 is 0 Å². The summed E-state index contributed by atoms with van der Waals surface area (Å²) in [6, 6.07) is 8.27. The lowest BCUT2D eigenvalue weighted by molar-refractivity contribution is 0.0919. The largest absolute Gasteiger partial charge is 0.347 e. The minimum Gasteiger partial charge on any atom is -0.347 e. The lowest BCUT2D eigenvalue weighted by Gasteiger charge is -2.20. The summed E-state index contributed by atoms with van der Waals surface area (Å²) < 4.78 is 2.23. The Balaban J connectivity index is 1.78. The molecule has 0 saturated carbocycles. The summed E-state index contributed by atoms with van der Waals surface area (Å²) in [5.74, 6) is -0.0243. The molecular formula is C17H21N3O. The summed E-state index contributed by atoms with van der Waals surface area (Å²) in [5, 5.41) is 2.98. The number of nitrogens with one attached hydrogen (secondary N) is 1. The Hall–Kier alpha value is -2.10. The number of carbonyl (C=O) groups is 1. The SMILES string of the molecule is CC(C)(C)NC(=O)c1ccc(C2CCc3cncn32)cc1. The number of nitrogens with zero attached hydrogens (tertiary/aromatic N) is 2. The molecule has 2 aromatic rings. The first-order chi connectivity index (χ1) is 9.94. The zero-order chi connectivity index (χ0) is 15.0. The average Bonchev–Trinajstić information content (AvgIpc) is 2.99. The van der Waals surface area contributed by atoms with Crippen molar-refractivity contribution in [1.29, 1.82) is 0 Å². The molecule has 1 aliphatic heterocycles. The van der Waals surface area contributed by atoms with Gasteiger partial charge in [-0.05, 0) is 51.3 Å². The van der Waals surface area contributed by atoms with Crippen molar-refractivity contribution in [3.63, 3.8) is 0 Å². The minimum atomic E-state index is -0.215. The topological polar surface area (TPSA) is 46.9 Å². The molecule has 0 saturated heterocycles. The number of hydrogen-bond acceptors (Lipinski definition) is 2. The van der Waals surface area contributed by atoms with Crippen molar-refractivity contribution in [3.8, 4) is 0 Å². The van der Waals surface area contributed by atoms with Crippen molar-refractivity contribution in [2.75, 3.05) is 0 Å². The van der Waals surface area contributed by atoms with Crippen LogP contribution in [0.15, 0.2) is 36.8 Å². The highest BCUT2D eigenvalue weighted by Crippen LogP contribution is 2.31. The number of rotatable bonds is 2. The van der Waals surface area contributed by atoms with Crippen LogP contribution in [-0.2, 0) is 6.42 Å². The number of carbonyl (C=O) groups excluding carboxylic acids is 1. The molecule has 2 heterocycles. The van der Waals surface area contributed by atoms with Crippen LogP contribution < -0.4 is 5.32 Å².